The Morgan fingerprint density at radius 2 is 1.58 bits per heavy atom. The molecular weight excluding hydrogens is 564 g/mol. The molecule has 0 spiro atoms. The second kappa shape index (κ2) is 13.5. The number of benzene rings is 3. The summed E-state index contributed by atoms with van der Waals surface area (Å²) in [6.07, 6.45) is 2.83. The predicted octanol–water partition coefficient (Wildman–Crippen LogP) is 7.93. The SMILES string of the molecule is COc1ccc(NC(=O)N2CCC(Cc3ccc(NC(=O)Nc4cc(C(C)(C)C)nn4-c4ccc(C)cc4)cc3)CC2)c(C)c1. The van der Waals surface area contributed by atoms with Gasteiger partial charge in [0.1, 0.15) is 11.6 Å². The number of nitrogens with zero attached hydrogens (tertiary/aromatic N) is 3. The van der Waals surface area contributed by atoms with Crippen LogP contribution in [0.15, 0.2) is 72.8 Å². The van der Waals surface area contributed by atoms with Gasteiger partial charge in [0, 0.05) is 35.9 Å². The zero-order valence-electron chi connectivity index (χ0n) is 27.1. The number of methoxy groups -OCH3 is 1. The Morgan fingerprint density at radius 3 is 2.20 bits per heavy atom. The molecule has 1 aliphatic rings. The topological polar surface area (TPSA) is 101 Å². The molecule has 45 heavy (non-hydrogen) atoms. The Balaban J connectivity index is 1.13. The maximum atomic E-state index is 13.0. The number of carbonyl (C=O) groups excluding carboxylic acids is 2. The second-order valence-electron chi connectivity index (χ2n) is 12.9. The number of hydrogen-bond acceptors (Lipinski definition) is 4. The van der Waals surface area contributed by atoms with Crippen LogP contribution in [-0.2, 0) is 11.8 Å². The van der Waals surface area contributed by atoms with Gasteiger partial charge in [-0.25, -0.2) is 14.3 Å². The van der Waals surface area contributed by atoms with E-state index in [1.807, 2.05) is 79.4 Å². The van der Waals surface area contributed by atoms with E-state index in [9.17, 15) is 9.59 Å². The smallest absolute Gasteiger partial charge is 0.324 e. The molecule has 0 radical (unpaired) electrons. The molecule has 0 aliphatic carbocycles. The fourth-order valence-corrected chi connectivity index (χ4v) is 5.49. The van der Waals surface area contributed by atoms with E-state index in [0.29, 0.717) is 17.4 Å². The Morgan fingerprint density at radius 1 is 0.889 bits per heavy atom. The quantitative estimate of drug-likeness (QED) is 0.198. The van der Waals surface area contributed by atoms with Gasteiger partial charge >= 0.3 is 12.1 Å². The molecule has 3 N–H and O–H groups in total. The number of hydrogen-bond donors (Lipinski definition) is 3. The van der Waals surface area contributed by atoms with Gasteiger partial charge in [-0.3, -0.25) is 5.32 Å². The number of rotatable bonds is 7. The highest BCUT2D eigenvalue weighted by Crippen LogP contribution is 2.28. The number of nitrogens with one attached hydrogen (secondary N) is 3. The van der Waals surface area contributed by atoms with Crippen LogP contribution < -0.4 is 20.7 Å². The highest BCUT2D eigenvalue weighted by molar-refractivity contribution is 5.99. The molecule has 9 nitrogen and oxygen atoms in total. The van der Waals surface area contributed by atoms with E-state index in [0.717, 1.165) is 66.3 Å². The average Bonchev–Trinajstić information content (AvgIpc) is 3.44. The lowest BCUT2D eigenvalue weighted by Crippen LogP contribution is -2.41. The first-order valence-electron chi connectivity index (χ1n) is 15.5. The number of likely N-dealkylation sites (tertiary alicyclic amines) is 1. The molecule has 9 heteroatoms. The highest BCUT2D eigenvalue weighted by Gasteiger charge is 2.24. The van der Waals surface area contributed by atoms with Gasteiger partial charge in [-0.1, -0.05) is 50.6 Å². The van der Waals surface area contributed by atoms with E-state index >= 15 is 0 Å². The van der Waals surface area contributed by atoms with E-state index in [1.54, 1.807) is 11.8 Å². The number of piperidine rings is 1. The summed E-state index contributed by atoms with van der Waals surface area (Å²) in [7, 11) is 1.63. The van der Waals surface area contributed by atoms with Crippen LogP contribution >= 0.6 is 0 Å². The van der Waals surface area contributed by atoms with Crippen LogP contribution in [0.3, 0.4) is 0 Å². The van der Waals surface area contributed by atoms with Crippen molar-refractivity contribution in [2.24, 2.45) is 5.92 Å². The maximum Gasteiger partial charge on any atom is 0.324 e. The summed E-state index contributed by atoms with van der Waals surface area (Å²) in [5, 5.41) is 13.8. The minimum absolute atomic E-state index is 0.0630. The van der Waals surface area contributed by atoms with E-state index in [2.05, 4.69) is 48.9 Å². The lowest BCUT2D eigenvalue weighted by atomic mass is 9.90. The first kappa shape index (κ1) is 31.6. The van der Waals surface area contributed by atoms with Crippen LogP contribution in [-0.4, -0.2) is 46.9 Å². The van der Waals surface area contributed by atoms with Crippen molar-refractivity contribution in [3.63, 3.8) is 0 Å². The number of anilines is 3. The van der Waals surface area contributed by atoms with E-state index in [-0.39, 0.29) is 17.5 Å². The van der Waals surface area contributed by atoms with Crippen molar-refractivity contribution < 1.29 is 14.3 Å². The fourth-order valence-electron chi connectivity index (χ4n) is 5.49. The molecule has 3 aromatic carbocycles. The molecular formula is C36H44N6O3. The summed E-state index contributed by atoms with van der Waals surface area (Å²) in [4.78, 5) is 27.8. The fraction of sp³-hybridized carbons (Fsp3) is 0.361. The van der Waals surface area contributed by atoms with Gasteiger partial charge in [0.2, 0.25) is 0 Å². The summed E-state index contributed by atoms with van der Waals surface area (Å²) >= 11 is 0. The number of carbonyl (C=O) groups is 2. The van der Waals surface area contributed by atoms with Crippen molar-refractivity contribution in [2.75, 3.05) is 36.1 Å². The van der Waals surface area contributed by atoms with Crippen LogP contribution in [0.4, 0.5) is 26.8 Å². The molecule has 0 saturated carbocycles. The minimum Gasteiger partial charge on any atom is -0.497 e. The molecule has 4 aromatic rings. The molecule has 1 saturated heterocycles. The number of ether oxygens (including phenoxy) is 1. The number of urea groups is 2. The van der Waals surface area contributed by atoms with Gasteiger partial charge in [-0.15, -0.1) is 0 Å². The van der Waals surface area contributed by atoms with Gasteiger partial charge < -0.3 is 20.3 Å². The zero-order chi connectivity index (χ0) is 32.1. The molecule has 2 heterocycles. The van der Waals surface area contributed by atoms with Gasteiger partial charge in [-0.2, -0.15) is 5.10 Å². The van der Waals surface area contributed by atoms with Crippen LogP contribution in [0.1, 0.15) is 56.0 Å². The van der Waals surface area contributed by atoms with E-state index in [1.165, 1.54) is 5.56 Å². The minimum atomic E-state index is -0.327. The van der Waals surface area contributed by atoms with Gasteiger partial charge in [0.25, 0.3) is 0 Å². The molecule has 236 valence electrons. The third-order valence-electron chi connectivity index (χ3n) is 8.31. The Labute approximate surface area is 266 Å². The molecule has 1 aliphatic heterocycles. The van der Waals surface area contributed by atoms with Crippen molar-refractivity contribution >= 4 is 29.3 Å². The van der Waals surface area contributed by atoms with Crippen LogP contribution in [0, 0.1) is 19.8 Å². The monoisotopic (exact) mass is 608 g/mol. The van der Waals surface area contributed by atoms with Crippen molar-refractivity contribution in [3.8, 4) is 11.4 Å². The molecule has 1 aromatic heterocycles. The summed E-state index contributed by atoms with van der Waals surface area (Å²) in [6.45, 7) is 11.8. The lowest BCUT2D eigenvalue weighted by Gasteiger charge is -2.32. The third-order valence-corrected chi connectivity index (χ3v) is 8.31. The maximum absolute atomic E-state index is 13.0. The Hall–Kier alpha value is -4.79. The second-order valence-corrected chi connectivity index (χ2v) is 12.9. The standard InChI is InChI=1S/C36H44N6O3/c1-24-7-13-29(14-8-24)42-33(23-32(40-42)36(3,4)5)39-34(43)37-28-11-9-26(10-12-28)22-27-17-19-41(20-18-27)35(44)38-31-16-15-30(45-6)21-25(31)2/h7-16,21,23,27H,17-20,22H2,1-6H3,(H,38,44)(H2,37,39,43). The lowest BCUT2D eigenvalue weighted by molar-refractivity contribution is 0.182. The predicted molar refractivity (Wildman–Crippen MR) is 181 cm³/mol. The highest BCUT2D eigenvalue weighted by atomic mass is 16.5. The van der Waals surface area contributed by atoms with Gasteiger partial charge in [0.05, 0.1) is 18.5 Å². The third kappa shape index (κ3) is 8.03. The first-order chi connectivity index (χ1) is 21.5. The van der Waals surface area contributed by atoms with Crippen molar-refractivity contribution in [3.05, 3.63) is 95.2 Å². The van der Waals surface area contributed by atoms with E-state index < -0.39 is 0 Å². The van der Waals surface area contributed by atoms with Gasteiger partial charge in [0.15, 0.2) is 0 Å². The summed E-state index contributed by atoms with van der Waals surface area (Å²) in [6, 6.07) is 23.3. The van der Waals surface area contributed by atoms with Crippen molar-refractivity contribution in [2.45, 2.75) is 59.3 Å². The Bertz CT molecular complexity index is 1630. The normalized spacial score (nSPS) is 13.8. The number of aryl methyl sites for hydroxylation is 2. The summed E-state index contributed by atoms with van der Waals surface area (Å²) in [5.74, 6) is 1.88. The number of aromatic nitrogens is 2. The molecule has 5 rings (SSSR count). The molecule has 4 amide bonds. The van der Waals surface area contributed by atoms with Crippen molar-refractivity contribution in [1.82, 2.24) is 14.7 Å². The largest absolute Gasteiger partial charge is 0.497 e. The Kier molecular flexibility index (Phi) is 9.46. The van der Waals surface area contributed by atoms with Crippen LogP contribution in [0.2, 0.25) is 0 Å². The summed E-state index contributed by atoms with van der Waals surface area (Å²) < 4.78 is 7.04. The average molecular weight is 609 g/mol. The first-order valence-corrected chi connectivity index (χ1v) is 15.5. The molecule has 1 fully saturated rings. The van der Waals surface area contributed by atoms with Crippen LogP contribution in [0.5, 0.6) is 5.75 Å². The molecule has 0 unspecified atom stereocenters. The van der Waals surface area contributed by atoms with Gasteiger partial charge in [-0.05, 0) is 92.6 Å². The zero-order valence-corrected chi connectivity index (χ0v) is 27.1. The summed E-state index contributed by atoms with van der Waals surface area (Å²) in [5.41, 5.74) is 6.47. The van der Waals surface area contributed by atoms with Crippen molar-refractivity contribution in [1.29, 1.82) is 0 Å². The van der Waals surface area contributed by atoms with E-state index in [4.69, 9.17) is 9.84 Å². The molecule has 0 atom stereocenters. The van der Waals surface area contributed by atoms with Crippen LogP contribution in [0.25, 0.3) is 5.69 Å². The molecule has 0 bridgehead atoms. The number of amides is 4.